The van der Waals surface area contributed by atoms with Crippen molar-refractivity contribution in [2.75, 3.05) is 19.8 Å². The van der Waals surface area contributed by atoms with Gasteiger partial charge in [0.1, 0.15) is 12.5 Å². The van der Waals surface area contributed by atoms with E-state index in [9.17, 15) is 9.59 Å². The summed E-state index contributed by atoms with van der Waals surface area (Å²) in [6.07, 6.45) is 0. The van der Waals surface area contributed by atoms with Gasteiger partial charge >= 0.3 is 0 Å². The fraction of sp³-hybridized carbons (Fsp3) is 0.308. The van der Waals surface area contributed by atoms with Crippen molar-refractivity contribution in [2.24, 2.45) is 16.6 Å². The lowest BCUT2D eigenvalue weighted by molar-refractivity contribution is -0.122. The Hall–Kier alpha value is -2.61. The second-order valence-electron chi connectivity index (χ2n) is 4.18. The maximum Gasteiger partial charge on any atom is 0.243 e. The molecule has 0 saturated heterocycles. The average Bonchev–Trinajstić information content (AvgIpc) is 2.47. The number of benzene rings is 1. The van der Waals surface area contributed by atoms with Gasteiger partial charge in [-0.3, -0.25) is 9.59 Å². The fourth-order valence-electron chi connectivity index (χ4n) is 1.68. The number of carbonyl (C=O) groups is 2. The SMILES string of the molecule is NC(=O)COCCNC(=O)C(/C(N)=N/O)c1ccccc1. The minimum absolute atomic E-state index is 0.131. The Balaban J connectivity index is 2.60. The minimum Gasteiger partial charge on any atom is -0.409 e. The molecule has 6 N–H and O–H groups in total. The van der Waals surface area contributed by atoms with Gasteiger partial charge in [-0.25, -0.2) is 0 Å². The van der Waals surface area contributed by atoms with Crippen LogP contribution < -0.4 is 16.8 Å². The van der Waals surface area contributed by atoms with E-state index in [0.717, 1.165) is 0 Å². The van der Waals surface area contributed by atoms with Gasteiger partial charge in [0.2, 0.25) is 11.8 Å². The lowest BCUT2D eigenvalue weighted by Crippen LogP contribution is -2.38. The third-order valence-electron chi connectivity index (χ3n) is 2.60. The van der Waals surface area contributed by atoms with Gasteiger partial charge in [-0.2, -0.15) is 0 Å². The first kappa shape index (κ1) is 16.4. The molecule has 0 aromatic heterocycles. The zero-order valence-corrected chi connectivity index (χ0v) is 11.4. The van der Waals surface area contributed by atoms with Crippen LogP contribution in [0, 0.1) is 0 Å². The molecule has 114 valence electrons. The smallest absolute Gasteiger partial charge is 0.243 e. The lowest BCUT2D eigenvalue weighted by atomic mass is 9.97. The molecule has 0 saturated carbocycles. The predicted octanol–water partition coefficient (Wildman–Crippen LogP) is -0.865. The van der Waals surface area contributed by atoms with E-state index in [0.29, 0.717) is 5.56 Å². The number of amides is 2. The Morgan fingerprint density at radius 1 is 1.29 bits per heavy atom. The van der Waals surface area contributed by atoms with Crippen LogP contribution in [0.25, 0.3) is 0 Å². The van der Waals surface area contributed by atoms with E-state index in [2.05, 4.69) is 10.5 Å². The molecule has 21 heavy (non-hydrogen) atoms. The number of hydrogen-bond acceptors (Lipinski definition) is 5. The number of nitrogens with zero attached hydrogens (tertiary/aromatic N) is 1. The molecular formula is C13H18N4O4. The first-order valence-corrected chi connectivity index (χ1v) is 6.22. The number of rotatable bonds is 8. The average molecular weight is 294 g/mol. The summed E-state index contributed by atoms with van der Waals surface area (Å²) in [5.41, 5.74) is 11.1. The summed E-state index contributed by atoms with van der Waals surface area (Å²) < 4.78 is 4.92. The number of hydrogen-bond donors (Lipinski definition) is 4. The molecule has 2 amide bonds. The number of ether oxygens (including phenoxy) is 1. The molecule has 8 heteroatoms. The Kier molecular flexibility index (Phi) is 6.69. The van der Waals surface area contributed by atoms with Gasteiger partial charge in [-0.1, -0.05) is 35.5 Å². The number of carbonyl (C=O) groups excluding carboxylic acids is 2. The number of nitrogens with one attached hydrogen (secondary N) is 1. The van der Waals surface area contributed by atoms with E-state index >= 15 is 0 Å². The Morgan fingerprint density at radius 3 is 2.52 bits per heavy atom. The zero-order chi connectivity index (χ0) is 15.7. The van der Waals surface area contributed by atoms with Crippen molar-refractivity contribution in [1.82, 2.24) is 5.32 Å². The second kappa shape index (κ2) is 8.54. The van der Waals surface area contributed by atoms with Gasteiger partial charge in [0.15, 0.2) is 5.84 Å². The van der Waals surface area contributed by atoms with Gasteiger partial charge < -0.3 is 26.7 Å². The maximum atomic E-state index is 12.1. The van der Waals surface area contributed by atoms with Crippen LogP contribution in [-0.4, -0.2) is 42.6 Å². The molecule has 1 aromatic carbocycles. The van der Waals surface area contributed by atoms with Crippen LogP contribution in [0.1, 0.15) is 11.5 Å². The van der Waals surface area contributed by atoms with E-state index in [1.807, 2.05) is 0 Å². The second-order valence-corrected chi connectivity index (χ2v) is 4.18. The monoisotopic (exact) mass is 294 g/mol. The van der Waals surface area contributed by atoms with Crippen molar-refractivity contribution < 1.29 is 19.5 Å². The number of oxime groups is 1. The predicted molar refractivity (Wildman–Crippen MR) is 75.6 cm³/mol. The standard InChI is InChI=1S/C13H18N4O4/c14-10(18)8-21-7-6-16-13(19)11(12(15)17-20)9-4-2-1-3-5-9/h1-5,11,20H,6-8H2,(H2,14,18)(H2,15,17)(H,16,19). The molecule has 0 bridgehead atoms. The van der Waals surface area contributed by atoms with Crippen LogP contribution in [0.5, 0.6) is 0 Å². The number of amidine groups is 1. The molecule has 1 rings (SSSR count). The summed E-state index contributed by atoms with van der Waals surface area (Å²) in [6, 6.07) is 8.69. The van der Waals surface area contributed by atoms with Crippen molar-refractivity contribution in [3.8, 4) is 0 Å². The zero-order valence-electron chi connectivity index (χ0n) is 11.4. The van der Waals surface area contributed by atoms with Crippen LogP contribution in [-0.2, 0) is 14.3 Å². The van der Waals surface area contributed by atoms with Gasteiger partial charge in [0, 0.05) is 6.54 Å². The van der Waals surface area contributed by atoms with Crippen LogP contribution >= 0.6 is 0 Å². The summed E-state index contributed by atoms with van der Waals surface area (Å²) in [6.45, 7) is 0.0960. The van der Waals surface area contributed by atoms with Gasteiger partial charge in [-0.15, -0.1) is 0 Å². The molecule has 0 fully saturated rings. The summed E-state index contributed by atoms with van der Waals surface area (Å²) in [4.78, 5) is 22.6. The van der Waals surface area contributed by atoms with E-state index < -0.39 is 17.7 Å². The van der Waals surface area contributed by atoms with E-state index in [4.69, 9.17) is 21.4 Å². The minimum atomic E-state index is -0.896. The largest absolute Gasteiger partial charge is 0.409 e. The summed E-state index contributed by atoms with van der Waals surface area (Å²) >= 11 is 0. The normalized spacial score (nSPS) is 12.7. The third-order valence-corrected chi connectivity index (χ3v) is 2.60. The van der Waals surface area contributed by atoms with Crippen LogP contribution in [0.2, 0.25) is 0 Å². The highest BCUT2D eigenvalue weighted by atomic mass is 16.5. The molecule has 0 aliphatic heterocycles. The highest BCUT2D eigenvalue weighted by Gasteiger charge is 2.24. The maximum absolute atomic E-state index is 12.1. The van der Waals surface area contributed by atoms with Crippen LogP contribution in [0.3, 0.4) is 0 Å². The molecule has 0 aliphatic carbocycles. The van der Waals surface area contributed by atoms with Gasteiger partial charge in [-0.05, 0) is 5.56 Å². The molecule has 1 atom stereocenters. The molecule has 1 aromatic rings. The van der Waals surface area contributed by atoms with Crippen molar-refractivity contribution in [1.29, 1.82) is 0 Å². The fourth-order valence-corrected chi connectivity index (χ4v) is 1.68. The van der Waals surface area contributed by atoms with Crippen LogP contribution in [0.15, 0.2) is 35.5 Å². The number of primary amides is 1. The van der Waals surface area contributed by atoms with E-state index in [1.54, 1.807) is 30.3 Å². The first-order chi connectivity index (χ1) is 10.1. The lowest BCUT2D eigenvalue weighted by Gasteiger charge is -2.15. The Labute approximate surface area is 121 Å². The summed E-state index contributed by atoms with van der Waals surface area (Å²) in [5.74, 6) is -2.12. The van der Waals surface area contributed by atoms with Crippen molar-refractivity contribution in [3.05, 3.63) is 35.9 Å². The van der Waals surface area contributed by atoms with Gasteiger partial charge in [0.05, 0.1) is 6.61 Å². The van der Waals surface area contributed by atoms with E-state index in [-0.39, 0.29) is 25.6 Å². The molecule has 1 unspecified atom stereocenters. The van der Waals surface area contributed by atoms with E-state index in [1.165, 1.54) is 0 Å². The highest BCUT2D eigenvalue weighted by Crippen LogP contribution is 2.15. The molecule has 0 radical (unpaired) electrons. The molecule has 0 aliphatic rings. The third kappa shape index (κ3) is 5.49. The quantitative estimate of drug-likeness (QED) is 0.162. The van der Waals surface area contributed by atoms with Crippen molar-refractivity contribution in [3.63, 3.8) is 0 Å². The van der Waals surface area contributed by atoms with Crippen molar-refractivity contribution in [2.45, 2.75) is 5.92 Å². The highest BCUT2D eigenvalue weighted by molar-refractivity contribution is 6.07. The van der Waals surface area contributed by atoms with Crippen LogP contribution in [0.4, 0.5) is 0 Å². The molecule has 0 spiro atoms. The Bertz CT molecular complexity index is 504. The molecular weight excluding hydrogens is 276 g/mol. The molecule has 0 heterocycles. The molecule has 8 nitrogen and oxygen atoms in total. The summed E-state index contributed by atoms with van der Waals surface area (Å²) in [7, 11) is 0. The topological polar surface area (TPSA) is 140 Å². The first-order valence-electron chi connectivity index (χ1n) is 6.22. The van der Waals surface area contributed by atoms with Gasteiger partial charge in [0.25, 0.3) is 0 Å². The Morgan fingerprint density at radius 2 is 1.95 bits per heavy atom. The van der Waals surface area contributed by atoms with Crippen molar-refractivity contribution >= 4 is 17.6 Å². The summed E-state index contributed by atoms with van der Waals surface area (Å²) in [5, 5.41) is 14.3. The number of nitrogens with two attached hydrogens (primary N) is 2.